The first-order chi connectivity index (χ1) is 14.7. The van der Waals surface area contributed by atoms with Crippen LogP contribution in [-0.2, 0) is 22.7 Å². The predicted molar refractivity (Wildman–Crippen MR) is 124 cm³/mol. The summed E-state index contributed by atoms with van der Waals surface area (Å²) in [7, 11) is 1.67. The minimum Gasteiger partial charge on any atom is -0.497 e. The second-order valence-electron chi connectivity index (χ2n) is 8.55. The minimum absolute atomic E-state index is 0.0145. The molecule has 6 heteroatoms. The fraction of sp³-hybridized carbons (Fsp3) is 0.520. The lowest BCUT2D eigenvalue weighted by Gasteiger charge is -2.32. The Bertz CT molecular complexity index is 859. The van der Waals surface area contributed by atoms with Gasteiger partial charge in [-0.2, -0.15) is 0 Å². The van der Waals surface area contributed by atoms with E-state index in [4.69, 9.17) is 4.74 Å². The number of aromatic nitrogens is 1. The first kappa shape index (κ1) is 24.5. The highest BCUT2D eigenvalue weighted by Gasteiger charge is 2.24. The van der Waals surface area contributed by atoms with Crippen molar-refractivity contribution in [3.05, 3.63) is 53.9 Å². The second kappa shape index (κ2) is 11.6. The van der Waals surface area contributed by atoms with Crippen LogP contribution < -0.4 is 4.74 Å². The zero-order valence-electron chi connectivity index (χ0n) is 19.8. The van der Waals surface area contributed by atoms with Crippen molar-refractivity contribution in [2.75, 3.05) is 20.2 Å². The Kier molecular flexibility index (Phi) is 9.16. The Labute approximate surface area is 186 Å². The number of rotatable bonds is 11. The highest BCUT2D eigenvalue weighted by Crippen LogP contribution is 2.17. The Hall–Kier alpha value is -2.76. The summed E-state index contributed by atoms with van der Waals surface area (Å²) < 4.78 is 7.50. The SMILES string of the molecule is CCC(C)N(Cc1cccn1Cc1cccc(OC)c1)C(=O)CN(CC(C)C)C(C)=O. The van der Waals surface area contributed by atoms with Crippen LogP contribution in [-0.4, -0.2) is 52.4 Å². The van der Waals surface area contributed by atoms with Crippen LogP contribution in [0.25, 0.3) is 0 Å². The van der Waals surface area contributed by atoms with Crippen LogP contribution in [0.4, 0.5) is 0 Å². The average Bonchev–Trinajstić information content (AvgIpc) is 3.17. The smallest absolute Gasteiger partial charge is 0.242 e. The van der Waals surface area contributed by atoms with Crippen molar-refractivity contribution in [3.63, 3.8) is 0 Å². The maximum atomic E-state index is 13.2. The summed E-state index contributed by atoms with van der Waals surface area (Å²) in [6.07, 6.45) is 2.89. The maximum Gasteiger partial charge on any atom is 0.242 e. The molecule has 1 aromatic carbocycles. The van der Waals surface area contributed by atoms with Crippen LogP contribution in [0.1, 0.15) is 52.3 Å². The van der Waals surface area contributed by atoms with Crippen molar-refractivity contribution in [1.29, 1.82) is 0 Å². The second-order valence-corrected chi connectivity index (χ2v) is 8.55. The fourth-order valence-corrected chi connectivity index (χ4v) is 3.60. The van der Waals surface area contributed by atoms with E-state index in [0.29, 0.717) is 25.6 Å². The van der Waals surface area contributed by atoms with Crippen LogP contribution >= 0.6 is 0 Å². The van der Waals surface area contributed by atoms with E-state index in [-0.39, 0.29) is 24.4 Å². The quantitative estimate of drug-likeness (QED) is 0.541. The van der Waals surface area contributed by atoms with E-state index in [0.717, 1.165) is 23.4 Å². The third kappa shape index (κ3) is 7.16. The van der Waals surface area contributed by atoms with Gasteiger partial charge in [0.1, 0.15) is 5.75 Å². The molecule has 6 nitrogen and oxygen atoms in total. The fourth-order valence-electron chi connectivity index (χ4n) is 3.60. The largest absolute Gasteiger partial charge is 0.497 e. The molecule has 2 amide bonds. The lowest BCUT2D eigenvalue weighted by molar-refractivity contribution is -0.141. The molecule has 31 heavy (non-hydrogen) atoms. The summed E-state index contributed by atoms with van der Waals surface area (Å²) in [5, 5.41) is 0. The molecule has 0 spiro atoms. The third-order valence-electron chi connectivity index (χ3n) is 5.54. The standard InChI is InChI=1S/C25H37N3O3/c1-7-20(4)28(25(30)18-27(21(5)29)15-19(2)3)17-23-11-9-13-26(23)16-22-10-8-12-24(14-22)31-6/h8-14,19-20H,7,15-18H2,1-6H3. The van der Waals surface area contributed by atoms with Gasteiger partial charge in [0.25, 0.3) is 0 Å². The number of hydrogen-bond donors (Lipinski definition) is 0. The molecule has 170 valence electrons. The van der Waals surface area contributed by atoms with E-state index in [1.54, 1.807) is 12.0 Å². The Morgan fingerprint density at radius 2 is 1.87 bits per heavy atom. The molecule has 1 unspecified atom stereocenters. The summed E-state index contributed by atoms with van der Waals surface area (Å²) in [6, 6.07) is 12.2. The van der Waals surface area contributed by atoms with E-state index >= 15 is 0 Å². The normalized spacial score (nSPS) is 12.0. The van der Waals surface area contributed by atoms with E-state index in [2.05, 4.69) is 44.4 Å². The molecule has 0 bridgehead atoms. The Morgan fingerprint density at radius 1 is 1.13 bits per heavy atom. The summed E-state index contributed by atoms with van der Waals surface area (Å²) in [5.74, 6) is 1.07. The molecule has 0 aliphatic rings. The molecule has 0 N–H and O–H groups in total. The van der Waals surface area contributed by atoms with Crippen molar-refractivity contribution in [1.82, 2.24) is 14.4 Å². The molecule has 0 aliphatic carbocycles. The Morgan fingerprint density at radius 3 is 2.48 bits per heavy atom. The van der Waals surface area contributed by atoms with E-state index in [1.807, 2.05) is 35.4 Å². The van der Waals surface area contributed by atoms with Crippen LogP contribution in [0.5, 0.6) is 5.75 Å². The van der Waals surface area contributed by atoms with Gasteiger partial charge in [0.15, 0.2) is 0 Å². The number of ether oxygens (including phenoxy) is 1. The van der Waals surface area contributed by atoms with Crippen molar-refractivity contribution >= 4 is 11.8 Å². The zero-order chi connectivity index (χ0) is 23.0. The molecule has 1 aromatic heterocycles. The molecule has 1 atom stereocenters. The van der Waals surface area contributed by atoms with Gasteiger partial charge < -0.3 is 19.1 Å². The summed E-state index contributed by atoms with van der Waals surface area (Å²) in [4.78, 5) is 28.8. The number of methoxy groups -OCH3 is 1. The van der Waals surface area contributed by atoms with Crippen LogP contribution in [0.2, 0.25) is 0 Å². The highest BCUT2D eigenvalue weighted by atomic mass is 16.5. The molecule has 0 aliphatic heterocycles. The van der Waals surface area contributed by atoms with Gasteiger partial charge in [0, 0.05) is 37.9 Å². The van der Waals surface area contributed by atoms with Crippen LogP contribution in [0.3, 0.4) is 0 Å². The molecule has 0 saturated carbocycles. The lowest BCUT2D eigenvalue weighted by Crippen LogP contribution is -2.46. The van der Waals surface area contributed by atoms with Crippen molar-refractivity contribution < 1.29 is 14.3 Å². The summed E-state index contributed by atoms with van der Waals surface area (Å²) in [5.41, 5.74) is 2.20. The van der Waals surface area contributed by atoms with E-state index in [9.17, 15) is 9.59 Å². The molecule has 0 radical (unpaired) electrons. The first-order valence-electron chi connectivity index (χ1n) is 11.1. The number of benzene rings is 1. The molecule has 0 fully saturated rings. The van der Waals surface area contributed by atoms with Crippen molar-refractivity contribution in [3.8, 4) is 5.75 Å². The number of nitrogens with zero attached hydrogens (tertiary/aromatic N) is 3. The molecular formula is C25H37N3O3. The zero-order valence-corrected chi connectivity index (χ0v) is 19.8. The van der Waals surface area contributed by atoms with Gasteiger partial charge in [-0.1, -0.05) is 32.9 Å². The van der Waals surface area contributed by atoms with Gasteiger partial charge in [-0.15, -0.1) is 0 Å². The average molecular weight is 428 g/mol. The maximum absolute atomic E-state index is 13.2. The number of hydrogen-bond acceptors (Lipinski definition) is 3. The molecule has 0 saturated heterocycles. The van der Waals surface area contributed by atoms with Gasteiger partial charge in [-0.05, 0) is 49.1 Å². The van der Waals surface area contributed by atoms with Gasteiger partial charge in [0.05, 0.1) is 20.2 Å². The monoisotopic (exact) mass is 427 g/mol. The van der Waals surface area contributed by atoms with Gasteiger partial charge in [-0.25, -0.2) is 0 Å². The van der Waals surface area contributed by atoms with E-state index < -0.39 is 0 Å². The van der Waals surface area contributed by atoms with Crippen LogP contribution in [0.15, 0.2) is 42.6 Å². The topological polar surface area (TPSA) is 54.8 Å². The Balaban J connectivity index is 2.18. The highest BCUT2D eigenvalue weighted by molar-refractivity contribution is 5.84. The number of carbonyl (C=O) groups is 2. The summed E-state index contributed by atoms with van der Waals surface area (Å²) >= 11 is 0. The van der Waals surface area contributed by atoms with Gasteiger partial charge in [-0.3, -0.25) is 9.59 Å². The lowest BCUT2D eigenvalue weighted by atomic mass is 10.1. The third-order valence-corrected chi connectivity index (χ3v) is 5.54. The predicted octanol–water partition coefficient (Wildman–Crippen LogP) is 4.18. The summed E-state index contributed by atoms with van der Waals surface area (Å²) in [6.45, 7) is 11.7. The van der Waals surface area contributed by atoms with Crippen LogP contribution in [0, 0.1) is 5.92 Å². The van der Waals surface area contributed by atoms with Gasteiger partial charge >= 0.3 is 0 Å². The molecule has 1 heterocycles. The molecular weight excluding hydrogens is 390 g/mol. The number of amides is 2. The molecule has 2 aromatic rings. The van der Waals surface area contributed by atoms with Crippen molar-refractivity contribution in [2.45, 2.75) is 60.2 Å². The van der Waals surface area contributed by atoms with Crippen molar-refractivity contribution in [2.24, 2.45) is 5.92 Å². The molecule has 2 rings (SSSR count). The minimum atomic E-state index is -0.0625. The first-order valence-corrected chi connectivity index (χ1v) is 11.1. The van der Waals surface area contributed by atoms with E-state index in [1.165, 1.54) is 6.92 Å². The number of carbonyl (C=O) groups excluding carboxylic acids is 2. The van der Waals surface area contributed by atoms with Gasteiger partial charge in [0.2, 0.25) is 11.8 Å².